The Morgan fingerprint density at radius 1 is 1.00 bits per heavy atom. The fraction of sp³-hybridized carbons (Fsp3) is 0.188. The molecule has 0 bridgehead atoms. The van der Waals surface area contributed by atoms with Crippen LogP contribution in [0.5, 0.6) is 0 Å². The molecule has 2 aromatic carbocycles. The summed E-state index contributed by atoms with van der Waals surface area (Å²) in [4.78, 5) is 4.53. The molecular formula is C16H14ClN. The van der Waals surface area contributed by atoms with Gasteiger partial charge < -0.3 is 0 Å². The summed E-state index contributed by atoms with van der Waals surface area (Å²) in [6.07, 6.45) is 1.90. The maximum absolute atomic E-state index is 6.01. The van der Waals surface area contributed by atoms with E-state index >= 15 is 0 Å². The molecule has 1 nitrogen and oxygen atoms in total. The summed E-state index contributed by atoms with van der Waals surface area (Å²) in [5.41, 5.74) is 2.37. The molecule has 0 N–H and O–H groups in total. The van der Waals surface area contributed by atoms with Crippen molar-refractivity contribution in [3.8, 4) is 0 Å². The molecule has 0 saturated heterocycles. The predicted octanol–water partition coefficient (Wildman–Crippen LogP) is 5.16. The van der Waals surface area contributed by atoms with Gasteiger partial charge in [0.15, 0.2) is 0 Å². The highest BCUT2D eigenvalue weighted by Gasteiger charge is 2.05. The van der Waals surface area contributed by atoms with E-state index in [1.165, 1.54) is 16.3 Å². The van der Waals surface area contributed by atoms with E-state index < -0.39 is 0 Å². The summed E-state index contributed by atoms with van der Waals surface area (Å²) in [6, 6.07) is 12.5. The lowest BCUT2D eigenvalue weighted by Gasteiger charge is -2.08. The number of pyridine rings is 1. The van der Waals surface area contributed by atoms with Crippen LogP contribution in [0, 0.1) is 0 Å². The molecule has 0 amide bonds. The van der Waals surface area contributed by atoms with Gasteiger partial charge in [-0.25, -0.2) is 0 Å². The van der Waals surface area contributed by atoms with Crippen molar-refractivity contribution in [2.75, 3.05) is 0 Å². The molecule has 1 heterocycles. The summed E-state index contributed by atoms with van der Waals surface area (Å²) in [7, 11) is 0. The molecule has 0 atom stereocenters. The molecule has 18 heavy (non-hydrogen) atoms. The van der Waals surface area contributed by atoms with Gasteiger partial charge in [-0.05, 0) is 35.1 Å². The summed E-state index contributed by atoms with van der Waals surface area (Å²) in [5.74, 6) is 0.525. The van der Waals surface area contributed by atoms with Gasteiger partial charge in [0.1, 0.15) is 0 Å². The van der Waals surface area contributed by atoms with Crippen LogP contribution in [0.4, 0.5) is 0 Å². The Morgan fingerprint density at radius 3 is 2.56 bits per heavy atom. The topological polar surface area (TPSA) is 12.9 Å². The number of fused-ring (bicyclic) bond motifs is 3. The van der Waals surface area contributed by atoms with E-state index in [1.54, 1.807) is 0 Å². The van der Waals surface area contributed by atoms with Crippen LogP contribution in [-0.4, -0.2) is 4.98 Å². The number of nitrogens with zero attached hydrogens (tertiary/aromatic N) is 1. The third kappa shape index (κ3) is 1.85. The zero-order valence-corrected chi connectivity index (χ0v) is 11.2. The molecule has 0 fully saturated rings. The molecule has 0 aliphatic rings. The molecule has 0 aliphatic carbocycles. The Labute approximate surface area is 111 Å². The molecular weight excluding hydrogens is 242 g/mol. The summed E-state index contributed by atoms with van der Waals surface area (Å²) < 4.78 is 0. The van der Waals surface area contributed by atoms with Crippen LogP contribution in [0.2, 0.25) is 5.02 Å². The minimum Gasteiger partial charge on any atom is -0.256 e. The molecule has 0 spiro atoms. The highest BCUT2D eigenvalue weighted by molar-refractivity contribution is 6.31. The first-order chi connectivity index (χ1) is 8.65. The molecule has 2 heteroatoms. The largest absolute Gasteiger partial charge is 0.256 e. The lowest BCUT2D eigenvalue weighted by molar-refractivity contribution is 0.868. The lowest BCUT2D eigenvalue weighted by Crippen LogP contribution is -1.89. The van der Waals surface area contributed by atoms with Crippen molar-refractivity contribution in [2.24, 2.45) is 0 Å². The average molecular weight is 256 g/mol. The number of hydrogen-bond donors (Lipinski definition) is 0. The number of aromatic nitrogens is 1. The van der Waals surface area contributed by atoms with E-state index in [9.17, 15) is 0 Å². The van der Waals surface area contributed by atoms with Gasteiger partial charge >= 0.3 is 0 Å². The minimum absolute atomic E-state index is 0.525. The lowest BCUT2D eigenvalue weighted by atomic mass is 9.99. The van der Waals surface area contributed by atoms with Crippen molar-refractivity contribution in [2.45, 2.75) is 19.8 Å². The zero-order valence-electron chi connectivity index (χ0n) is 10.4. The third-order valence-corrected chi connectivity index (χ3v) is 3.57. The molecule has 0 radical (unpaired) electrons. The number of hydrogen-bond acceptors (Lipinski definition) is 1. The van der Waals surface area contributed by atoms with Gasteiger partial charge in [0.25, 0.3) is 0 Å². The van der Waals surface area contributed by atoms with E-state index in [2.05, 4.69) is 43.1 Å². The van der Waals surface area contributed by atoms with E-state index in [1.807, 2.05) is 18.3 Å². The Kier molecular flexibility index (Phi) is 2.71. The maximum Gasteiger partial charge on any atom is 0.0711 e. The quantitative estimate of drug-likeness (QED) is 0.547. The smallest absolute Gasteiger partial charge is 0.0711 e. The van der Waals surface area contributed by atoms with E-state index in [-0.39, 0.29) is 0 Å². The van der Waals surface area contributed by atoms with Crippen LogP contribution in [0.3, 0.4) is 0 Å². The van der Waals surface area contributed by atoms with Crippen molar-refractivity contribution < 1.29 is 0 Å². The van der Waals surface area contributed by atoms with E-state index in [4.69, 9.17) is 11.6 Å². The normalized spacial score (nSPS) is 11.6. The van der Waals surface area contributed by atoms with Crippen molar-refractivity contribution in [3.63, 3.8) is 0 Å². The first kappa shape index (κ1) is 11.5. The summed E-state index contributed by atoms with van der Waals surface area (Å²) >= 11 is 6.01. The number of halogens is 1. The Morgan fingerprint density at radius 2 is 1.78 bits per heavy atom. The van der Waals surface area contributed by atoms with Gasteiger partial charge in [-0.2, -0.15) is 0 Å². The fourth-order valence-electron chi connectivity index (χ4n) is 2.27. The first-order valence-electron chi connectivity index (χ1n) is 6.13. The average Bonchev–Trinajstić information content (AvgIpc) is 2.37. The number of benzene rings is 2. The van der Waals surface area contributed by atoms with Gasteiger partial charge in [0.05, 0.1) is 5.52 Å². The van der Waals surface area contributed by atoms with Crippen molar-refractivity contribution in [1.29, 1.82) is 0 Å². The second-order valence-corrected chi connectivity index (χ2v) is 5.36. The van der Waals surface area contributed by atoms with Crippen LogP contribution in [0.1, 0.15) is 25.3 Å². The molecule has 0 saturated carbocycles. The standard InChI is InChI=1S/C16H14ClN/c1-10(2)11-3-5-15-14-6-4-13(17)7-12(14)9-18-16(15)8-11/h3-10H,1-2H3. The van der Waals surface area contributed by atoms with Crippen molar-refractivity contribution in [1.82, 2.24) is 4.98 Å². The van der Waals surface area contributed by atoms with Gasteiger partial charge in [0.2, 0.25) is 0 Å². The summed E-state index contributed by atoms with van der Waals surface area (Å²) in [6.45, 7) is 4.39. The van der Waals surface area contributed by atoms with Crippen LogP contribution in [0.25, 0.3) is 21.7 Å². The summed E-state index contributed by atoms with van der Waals surface area (Å²) in [5, 5.41) is 4.24. The molecule has 90 valence electrons. The van der Waals surface area contributed by atoms with Crippen molar-refractivity contribution in [3.05, 3.63) is 53.2 Å². The SMILES string of the molecule is CC(C)c1ccc2c(c1)ncc1cc(Cl)ccc12. The van der Waals surface area contributed by atoms with Crippen LogP contribution >= 0.6 is 11.6 Å². The second-order valence-electron chi connectivity index (χ2n) is 4.92. The van der Waals surface area contributed by atoms with E-state index in [0.29, 0.717) is 5.92 Å². The van der Waals surface area contributed by atoms with Gasteiger partial charge in [-0.3, -0.25) is 4.98 Å². The molecule has 1 aromatic heterocycles. The van der Waals surface area contributed by atoms with Crippen LogP contribution in [-0.2, 0) is 0 Å². The highest BCUT2D eigenvalue weighted by atomic mass is 35.5. The Bertz CT molecular complexity index is 732. The highest BCUT2D eigenvalue weighted by Crippen LogP contribution is 2.28. The minimum atomic E-state index is 0.525. The first-order valence-corrected chi connectivity index (χ1v) is 6.51. The molecule has 0 aliphatic heterocycles. The molecule has 3 rings (SSSR count). The third-order valence-electron chi connectivity index (χ3n) is 3.33. The van der Waals surface area contributed by atoms with E-state index in [0.717, 1.165) is 15.9 Å². The van der Waals surface area contributed by atoms with Gasteiger partial charge in [0, 0.05) is 22.0 Å². The maximum atomic E-state index is 6.01. The Balaban J connectivity index is 2.35. The molecule has 3 aromatic rings. The van der Waals surface area contributed by atoms with Crippen LogP contribution < -0.4 is 0 Å². The van der Waals surface area contributed by atoms with Crippen LogP contribution in [0.15, 0.2) is 42.6 Å². The predicted molar refractivity (Wildman–Crippen MR) is 78.3 cm³/mol. The van der Waals surface area contributed by atoms with Crippen molar-refractivity contribution >= 4 is 33.3 Å². The van der Waals surface area contributed by atoms with Gasteiger partial charge in [-0.15, -0.1) is 0 Å². The monoisotopic (exact) mass is 255 g/mol. The zero-order chi connectivity index (χ0) is 12.7. The Hall–Kier alpha value is -1.60. The van der Waals surface area contributed by atoms with Gasteiger partial charge in [-0.1, -0.05) is 43.6 Å². The number of rotatable bonds is 1. The molecule has 0 unspecified atom stereocenters. The second kappa shape index (κ2) is 4.25. The fourth-order valence-corrected chi connectivity index (χ4v) is 2.45.